The van der Waals surface area contributed by atoms with Crippen molar-refractivity contribution >= 4 is 23.4 Å². The molecule has 0 bridgehead atoms. The van der Waals surface area contributed by atoms with Gasteiger partial charge in [0.25, 0.3) is 0 Å². The molecule has 0 saturated carbocycles. The maximum absolute atomic E-state index is 12.3. The predicted molar refractivity (Wildman–Crippen MR) is 105 cm³/mol. The number of nitrogens with zero attached hydrogens (tertiary/aromatic N) is 2. The van der Waals surface area contributed by atoms with Gasteiger partial charge >= 0.3 is 0 Å². The van der Waals surface area contributed by atoms with Crippen LogP contribution in [0.25, 0.3) is 6.08 Å². The normalized spacial score (nSPS) is 15.5. The van der Waals surface area contributed by atoms with Gasteiger partial charge in [0.05, 0.1) is 11.4 Å². The fourth-order valence-corrected chi connectivity index (χ4v) is 3.02. The van der Waals surface area contributed by atoms with Crippen molar-refractivity contribution in [2.24, 2.45) is 0 Å². The highest BCUT2D eigenvalue weighted by molar-refractivity contribution is 6.03. The molecule has 0 aliphatic carbocycles. The van der Waals surface area contributed by atoms with Crippen LogP contribution in [0.4, 0.5) is 11.4 Å². The van der Waals surface area contributed by atoms with Crippen LogP contribution in [-0.2, 0) is 4.79 Å². The SMILES string of the molecule is Cc1cccc(/C=C/C(=O)Nc2ccccc2N2CCN(C)CC2)c1. The monoisotopic (exact) mass is 335 g/mol. The second kappa shape index (κ2) is 7.99. The van der Waals surface area contributed by atoms with Crippen molar-refractivity contribution in [1.29, 1.82) is 0 Å². The van der Waals surface area contributed by atoms with E-state index in [1.54, 1.807) is 6.08 Å². The van der Waals surface area contributed by atoms with Crippen molar-refractivity contribution in [1.82, 2.24) is 4.90 Å². The quantitative estimate of drug-likeness (QED) is 0.870. The molecule has 130 valence electrons. The molecule has 3 rings (SSSR count). The molecule has 1 aliphatic rings. The highest BCUT2D eigenvalue weighted by atomic mass is 16.1. The van der Waals surface area contributed by atoms with E-state index in [2.05, 4.69) is 34.3 Å². The molecule has 1 amide bonds. The van der Waals surface area contributed by atoms with Crippen LogP contribution in [0.3, 0.4) is 0 Å². The van der Waals surface area contributed by atoms with Crippen molar-refractivity contribution in [2.45, 2.75) is 6.92 Å². The molecule has 2 aromatic carbocycles. The summed E-state index contributed by atoms with van der Waals surface area (Å²) >= 11 is 0. The Morgan fingerprint density at radius 1 is 1.04 bits per heavy atom. The van der Waals surface area contributed by atoms with Crippen LogP contribution < -0.4 is 10.2 Å². The second-order valence-electron chi connectivity index (χ2n) is 6.54. The minimum atomic E-state index is -0.108. The predicted octanol–water partition coefficient (Wildman–Crippen LogP) is 3.40. The molecule has 0 atom stereocenters. The van der Waals surface area contributed by atoms with E-state index in [0.717, 1.165) is 43.1 Å². The molecule has 1 aliphatic heterocycles. The number of benzene rings is 2. The number of piperazine rings is 1. The van der Waals surface area contributed by atoms with Crippen LogP contribution in [0.1, 0.15) is 11.1 Å². The number of nitrogens with one attached hydrogen (secondary N) is 1. The van der Waals surface area contributed by atoms with Crippen LogP contribution >= 0.6 is 0 Å². The first-order valence-corrected chi connectivity index (χ1v) is 8.70. The summed E-state index contributed by atoms with van der Waals surface area (Å²) in [5.74, 6) is -0.108. The Morgan fingerprint density at radius 3 is 2.56 bits per heavy atom. The fourth-order valence-electron chi connectivity index (χ4n) is 3.02. The summed E-state index contributed by atoms with van der Waals surface area (Å²) in [6.07, 6.45) is 3.44. The Hall–Kier alpha value is -2.59. The molecule has 4 nitrogen and oxygen atoms in total. The molecule has 0 unspecified atom stereocenters. The van der Waals surface area contributed by atoms with E-state index in [-0.39, 0.29) is 5.91 Å². The number of amides is 1. The Bertz CT molecular complexity index is 761. The Kier molecular flexibility index (Phi) is 5.51. The zero-order chi connectivity index (χ0) is 17.6. The smallest absolute Gasteiger partial charge is 0.248 e. The molecule has 0 aromatic heterocycles. The third-order valence-corrected chi connectivity index (χ3v) is 4.48. The van der Waals surface area contributed by atoms with Crippen LogP contribution in [0.15, 0.2) is 54.6 Å². The molecule has 0 radical (unpaired) electrons. The molecule has 1 saturated heterocycles. The van der Waals surface area contributed by atoms with E-state index in [9.17, 15) is 4.79 Å². The first-order valence-electron chi connectivity index (χ1n) is 8.70. The summed E-state index contributed by atoms with van der Waals surface area (Å²) in [6, 6.07) is 16.1. The Labute approximate surface area is 149 Å². The van der Waals surface area contributed by atoms with E-state index in [4.69, 9.17) is 0 Å². The fraction of sp³-hybridized carbons (Fsp3) is 0.286. The third kappa shape index (κ3) is 4.70. The number of aryl methyl sites for hydroxylation is 1. The zero-order valence-electron chi connectivity index (χ0n) is 14.9. The van der Waals surface area contributed by atoms with Crippen molar-refractivity contribution in [2.75, 3.05) is 43.4 Å². The summed E-state index contributed by atoms with van der Waals surface area (Å²) in [7, 11) is 2.14. The van der Waals surface area contributed by atoms with Gasteiger partial charge in [-0.25, -0.2) is 0 Å². The molecular formula is C21H25N3O. The summed E-state index contributed by atoms with van der Waals surface area (Å²) in [5, 5.41) is 3.02. The van der Waals surface area contributed by atoms with Gasteiger partial charge < -0.3 is 15.1 Å². The number of hydrogen-bond acceptors (Lipinski definition) is 3. The first-order chi connectivity index (χ1) is 12.1. The largest absolute Gasteiger partial charge is 0.367 e. The summed E-state index contributed by atoms with van der Waals surface area (Å²) < 4.78 is 0. The van der Waals surface area contributed by atoms with Gasteiger partial charge in [0.2, 0.25) is 5.91 Å². The second-order valence-corrected chi connectivity index (χ2v) is 6.54. The number of carbonyl (C=O) groups excluding carboxylic acids is 1. The van der Waals surface area contributed by atoms with Gasteiger partial charge in [-0.05, 0) is 37.7 Å². The molecule has 2 aromatic rings. The minimum absolute atomic E-state index is 0.108. The van der Waals surface area contributed by atoms with E-state index in [0.29, 0.717) is 0 Å². The lowest BCUT2D eigenvalue weighted by Crippen LogP contribution is -2.44. The van der Waals surface area contributed by atoms with Gasteiger partial charge in [0.15, 0.2) is 0 Å². The molecular weight excluding hydrogens is 310 g/mol. The number of carbonyl (C=O) groups is 1. The van der Waals surface area contributed by atoms with Gasteiger partial charge in [-0.2, -0.15) is 0 Å². The molecule has 1 N–H and O–H groups in total. The number of hydrogen-bond donors (Lipinski definition) is 1. The number of anilines is 2. The van der Waals surface area contributed by atoms with E-state index in [1.165, 1.54) is 5.56 Å². The van der Waals surface area contributed by atoms with Gasteiger partial charge in [-0.3, -0.25) is 4.79 Å². The highest BCUT2D eigenvalue weighted by Crippen LogP contribution is 2.26. The Morgan fingerprint density at radius 2 is 1.80 bits per heavy atom. The summed E-state index contributed by atoms with van der Waals surface area (Å²) in [6.45, 7) is 6.07. The average Bonchev–Trinajstić information content (AvgIpc) is 2.61. The molecule has 25 heavy (non-hydrogen) atoms. The Balaban J connectivity index is 1.69. The minimum Gasteiger partial charge on any atom is -0.367 e. The van der Waals surface area contributed by atoms with Crippen molar-refractivity contribution in [3.8, 4) is 0 Å². The lowest BCUT2D eigenvalue weighted by molar-refractivity contribution is -0.111. The van der Waals surface area contributed by atoms with Crippen LogP contribution in [0.5, 0.6) is 0 Å². The van der Waals surface area contributed by atoms with E-state index < -0.39 is 0 Å². The number of likely N-dealkylation sites (N-methyl/N-ethyl adjacent to an activating group) is 1. The van der Waals surface area contributed by atoms with Crippen molar-refractivity contribution < 1.29 is 4.79 Å². The number of rotatable bonds is 4. The lowest BCUT2D eigenvalue weighted by atomic mass is 10.1. The van der Waals surface area contributed by atoms with Crippen molar-refractivity contribution in [3.63, 3.8) is 0 Å². The maximum atomic E-state index is 12.3. The molecule has 4 heteroatoms. The van der Waals surface area contributed by atoms with Crippen LogP contribution in [0, 0.1) is 6.92 Å². The third-order valence-electron chi connectivity index (χ3n) is 4.48. The van der Waals surface area contributed by atoms with Crippen LogP contribution in [-0.4, -0.2) is 44.0 Å². The zero-order valence-corrected chi connectivity index (χ0v) is 14.9. The van der Waals surface area contributed by atoms with E-state index in [1.807, 2.05) is 49.4 Å². The molecule has 0 spiro atoms. The van der Waals surface area contributed by atoms with Gasteiger partial charge in [-0.15, -0.1) is 0 Å². The highest BCUT2D eigenvalue weighted by Gasteiger charge is 2.17. The van der Waals surface area contributed by atoms with Gasteiger partial charge in [0, 0.05) is 32.3 Å². The molecule has 1 heterocycles. The van der Waals surface area contributed by atoms with Gasteiger partial charge in [0.1, 0.15) is 0 Å². The first kappa shape index (κ1) is 17.2. The topological polar surface area (TPSA) is 35.6 Å². The van der Waals surface area contributed by atoms with Crippen LogP contribution in [0.2, 0.25) is 0 Å². The summed E-state index contributed by atoms with van der Waals surface area (Å²) in [4.78, 5) is 17.0. The summed E-state index contributed by atoms with van der Waals surface area (Å²) in [5.41, 5.74) is 4.17. The van der Waals surface area contributed by atoms with Gasteiger partial charge in [-0.1, -0.05) is 42.0 Å². The molecule has 1 fully saturated rings. The standard InChI is InChI=1S/C21H25N3O/c1-17-6-5-7-18(16-17)10-11-21(25)22-19-8-3-4-9-20(19)24-14-12-23(2)13-15-24/h3-11,16H,12-15H2,1-2H3,(H,22,25)/b11-10+. The lowest BCUT2D eigenvalue weighted by Gasteiger charge is -2.35. The van der Waals surface area contributed by atoms with E-state index >= 15 is 0 Å². The average molecular weight is 335 g/mol. The number of para-hydroxylation sites is 2. The van der Waals surface area contributed by atoms with Crippen molar-refractivity contribution in [3.05, 3.63) is 65.7 Å². The maximum Gasteiger partial charge on any atom is 0.248 e.